The van der Waals surface area contributed by atoms with Gasteiger partial charge >= 0.3 is 0 Å². The molecule has 2 aromatic rings. The molecule has 0 radical (unpaired) electrons. The highest BCUT2D eigenvalue weighted by Gasteiger charge is 2.07. The molecule has 0 saturated carbocycles. The van der Waals surface area contributed by atoms with Crippen LogP contribution in [0.3, 0.4) is 0 Å². The molecule has 0 amide bonds. The second-order valence-electron chi connectivity index (χ2n) is 3.31. The zero-order chi connectivity index (χ0) is 10.8. The molecule has 0 aromatic carbocycles. The average molecular weight is 240 g/mol. The first-order chi connectivity index (χ1) is 7.19. The van der Waals surface area contributed by atoms with E-state index in [4.69, 9.17) is 11.6 Å². The first-order valence-corrected chi connectivity index (χ1v) is 5.88. The minimum atomic E-state index is 0.405. The minimum Gasteiger partial charge on any atom is -0.251 e. The second-order valence-corrected chi connectivity index (χ2v) is 4.64. The SMILES string of the molecule is Cc1cc(C)nc(-c2nnc(CCl)s2)c1. The van der Waals surface area contributed by atoms with E-state index in [-0.39, 0.29) is 0 Å². The minimum absolute atomic E-state index is 0.405. The number of nitrogens with zero attached hydrogens (tertiary/aromatic N) is 3. The number of aromatic nitrogens is 3. The van der Waals surface area contributed by atoms with Crippen LogP contribution < -0.4 is 0 Å². The van der Waals surface area contributed by atoms with Crippen LogP contribution >= 0.6 is 22.9 Å². The Hall–Kier alpha value is -1.000. The lowest BCUT2D eigenvalue weighted by molar-refractivity contribution is 1.03. The van der Waals surface area contributed by atoms with Crippen molar-refractivity contribution in [3.8, 4) is 10.7 Å². The second kappa shape index (κ2) is 4.24. The number of alkyl halides is 1. The predicted octanol–water partition coefficient (Wildman–Crippen LogP) is 2.96. The van der Waals surface area contributed by atoms with Gasteiger partial charge in [0, 0.05) is 5.69 Å². The molecule has 0 bridgehead atoms. The fraction of sp³-hybridized carbons (Fsp3) is 0.300. The van der Waals surface area contributed by atoms with Crippen molar-refractivity contribution < 1.29 is 0 Å². The Bertz CT molecular complexity index is 461. The fourth-order valence-electron chi connectivity index (χ4n) is 1.36. The molecule has 2 aromatic heterocycles. The van der Waals surface area contributed by atoms with E-state index in [2.05, 4.69) is 15.2 Å². The first-order valence-electron chi connectivity index (χ1n) is 4.53. The maximum atomic E-state index is 5.68. The molecule has 0 aliphatic carbocycles. The highest BCUT2D eigenvalue weighted by molar-refractivity contribution is 7.14. The van der Waals surface area contributed by atoms with Gasteiger partial charge in [-0.15, -0.1) is 21.8 Å². The van der Waals surface area contributed by atoms with Gasteiger partial charge in [-0.1, -0.05) is 11.3 Å². The number of hydrogen-bond donors (Lipinski definition) is 0. The van der Waals surface area contributed by atoms with Crippen molar-refractivity contribution in [3.05, 3.63) is 28.4 Å². The molecule has 15 heavy (non-hydrogen) atoms. The molecular formula is C10H10ClN3S. The highest BCUT2D eigenvalue weighted by atomic mass is 35.5. The predicted molar refractivity (Wildman–Crippen MR) is 62.2 cm³/mol. The van der Waals surface area contributed by atoms with Crippen LogP contribution in [0.2, 0.25) is 0 Å². The van der Waals surface area contributed by atoms with Crippen LogP contribution in [0.15, 0.2) is 12.1 Å². The third-order valence-corrected chi connectivity index (χ3v) is 3.26. The van der Waals surface area contributed by atoms with Crippen molar-refractivity contribution in [2.45, 2.75) is 19.7 Å². The summed E-state index contributed by atoms with van der Waals surface area (Å²) in [6, 6.07) is 4.04. The van der Waals surface area contributed by atoms with Gasteiger partial charge in [-0.3, -0.25) is 4.98 Å². The summed E-state index contributed by atoms with van der Waals surface area (Å²) in [7, 11) is 0. The molecule has 0 N–H and O–H groups in total. The summed E-state index contributed by atoms with van der Waals surface area (Å²) in [6.45, 7) is 4.02. The molecule has 0 fully saturated rings. The number of aryl methyl sites for hydroxylation is 2. The van der Waals surface area contributed by atoms with Gasteiger partial charge in [-0.2, -0.15) is 0 Å². The van der Waals surface area contributed by atoms with Crippen molar-refractivity contribution in [2.75, 3.05) is 0 Å². The molecule has 0 unspecified atom stereocenters. The molecule has 0 atom stereocenters. The Kier molecular flexibility index (Phi) is 2.98. The number of halogens is 1. The van der Waals surface area contributed by atoms with E-state index in [1.54, 1.807) is 0 Å². The van der Waals surface area contributed by atoms with Crippen LogP contribution in [0.25, 0.3) is 10.7 Å². The van der Waals surface area contributed by atoms with E-state index in [9.17, 15) is 0 Å². The maximum Gasteiger partial charge on any atom is 0.166 e. The van der Waals surface area contributed by atoms with Gasteiger partial charge in [0.25, 0.3) is 0 Å². The molecule has 0 aliphatic rings. The standard InChI is InChI=1S/C10H10ClN3S/c1-6-3-7(2)12-8(4-6)10-14-13-9(5-11)15-10/h3-4H,5H2,1-2H3. The smallest absolute Gasteiger partial charge is 0.166 e. The lowest BCUT2D eigenvalue weighted by atomic mass is 10.2. The zero-order valence-corrected chi connectivity index (χ0v) is 10.1. The molecule has 0 aliphatic heterocycles. The van der Waals surface area contributed by atoms with Gasteiger partial charge in [-0.05, 0) is 31.5 Å². The van der Waals surface area contributed by atoms with Crippen molar-refractivity contribution in [2.24, 2.45) is 0 Å². The molecule has 3 nitrogen and oxygen atoms in total. The molecule has 2 heterocycles. The Morgan fingerprint density at radius 1 is 1.27 bits per heavy atom. The lowest BCUT2D eigenvalue weighted by Crippen LogP contribution is -1.88. The Balaban J connectivity index is 2.44. The largest absolute Gasteiger partial charge is 0.251 e. The first kappa shape index (κ1) is 10.5. The summed E-state index contributed by atoms with van der Waals surface area (Å²) in [5, 5.41) is 9.69. The topological polar surface area (TPSA) is 38.7 Å². The van der Waals surface area contributed by atoms with Gasteiger partial charge in [-0.25, -0.2) is 0 Å². The normalized spacial score (nSPS) is 10.6. The van der Waals surface area contributed by atoms with Crippen LogP contribution in [0.5, 0.6) is 0 Å². The Morgan fingerprint density at radius 3 is 2.67 bits per heavy atom. The van der Waals surface area contributed by atoms with E-state index >= 15 is 0 Å². The molecule has 0 spiro atoms. The van der Waals surface area contributed by atoms with E-state index in [0.29, 0.717) is 5.88 Å². The summed E-state index contributed by atoms with van der Waals surface area (Å²) >= 11 is 7.16. The van der Waals surface area contributed by atoms with E-state index in [1.165, 1.54) is 16.9 Å². The van der Waals surface area contributed by atoms with E-state index < -0.39 is 0 Å². The third kappa shape index (κ3) is 2.33. The summed E-state index contributed by atoms with van der Waals surface area (Å²) in [5.74, 6) is 0.405. The third-order valence-electron chi connectivity index (χ3n) is 1.90. The van der Waals surface area contributed by atoms with Crippen LogP contribution in [0.4, 0.5) is 0 Å². The monoisotopic (exact) mass is 239 g/mol. The van der Waals surface area contributed by atoms with Gasteiger partial charge in [0.05, 0.1) is 5.88 Å². The Morgan fingerprint density at radius 2 is 2.07 bits per heavy atom. The van der Waals surface area contributed by atoms with Crippen molar-refractivity contribution in [1.29, 1.82) is 0 Å². The zero-order valence-electron chi connectivity index (χ0n) is 8.49. The van der Waals surface area contributed by atoms with Gasteiger partial charge < -0.3 is 0 Å². The van der Waals surface area contributed by atoms with Gasteiger partial charge in [0.15, 0.2) is 5.01 Å². The van der Waals surface area contributed by atoms with Crippen LogP contribution in [0, 0.1) is 13.8 Å². The maximum absolute atomic E-state index is 5.68. The van der Waals surface area contributed by atoms with Gasteiger partial charge in [0.1, 0.15) is 10.7 Å². The van der Waals surface area contributed by atoms with Crippen molar-refractivity contribution in [1.82, 2.24) is 15.2 Å². The fourth-order valence-corrected chi connectivity index (χ4v) is 2.23. The average Bonchev–Trinajstić information content (AvgIpc) is 2.64. The molecular weight excluding hydrogens is 230 g/mol. The summed E-state index contributed by atoms with van der Waals surface area (Å²) < 4.78 is 0. The van der Waals surface area contributed by atoms with E-state index in [1.807, 2.05) is 26.0 Å². The summed E-state index contributed by atoms with van der Waals surface area (Å²) in [5.41, 5.74) is 3.05. The quantitative estimate of drug-likeness (QED) is 0.757. The van der Waals surface area contributed by atoms with Crippen molar-refractivity contribution >= 4 is 22.9 Å². The number of rotatable bonds is 2. The number of hydrogen-bond acceptors (Lipinski definition) is 4. The van der Waals surface area contributed by atoms with Crippen LogP contribution in [-0.4, -0.2) is 15.2 Å². The molecule has 0 saturated heterocycles. The van der Waals surface area contributed by atoms with Crippen LogP contribution in [0.1, 0.15) is 16.3 Å². The molecule has 78 valence electrons. The number of pyridine rings is 1. The van der Waals surface area contributed by atoms with Crippen LogP contribution in [-0.2, 0) is 5.88 Å². The van der Waals surface area contributed by atoms with E-state index in [0.717, 1.165) is 21.4 Å². The highest BCUT2D eigenvalue weighted by Crippen LogP contribution is 2.23. The lowest BCUT2D eigenvalue weighted by Gasteiger charge is -1.99. The van der Waals surface area contributed by atoms with Crippen molar-refractivity contribution in [3.63, 3.8) is 0 Å². The summed E-state index contributed by atoms with van der Waals surface area (Å²) in [6.07, 6.45) is 0. The Labute approximate surface area is 97.2 Å². The molecule has 2 rings (SSSR count). The molecule has 5 heteroatoms. The van der Waals surface area contributed by atoms with Gasteiger partial charge in [0.2, 0.25) is 0 Å². The summed E-state index contributed by atoms with van der Waals surface area (Å²) in [4.78, 5) is 4.42.